The zero-order chi connectivity index (χ0) is 12.3. The summed E-state index contributed by atoms with van der Waals surface area (Å²) < 4.78 is 0. The number of hydrogen-bond acceptors (Lipinski definition) is 2. The molecule has 0 spiro atoms. The molecule has 1 aliphatic rings. The van der Waals surface area contributed by atoms with Crippen LogP contribution in [0.1, 0.15) is 30.1 Å². The van der Waals surface area contributed by atoms with Crippen LogP contribution in [0.15, 0.2) is 30.3 Å². The molecule has 1 fully saturated rings. The fourth-order valence-corrected chi connectivity index (χ4v) is 2.22. The molecule has 0 saturated carbocycles. The Labute approximate surface area is 103 Å². The van der Waals surface area contributed by atoms with Crippen LogP contribution in [0.3, 0.4) is 0 Å². The number of hydrogen-bond donors (Lipinski definition) is 1. The van der Waals surface area contributed by atoms with Gasteiger partial charge in [-0.1, -0.05) is 18.2 Å². The second kappa shape index (κ2) is 4.88. The van der Waals surface area contributed by atoms with Crippen molar-refractivity contribution in [3.63, 3.8) is 0 Å². The number of carbonyl (C=O) groups is 1. The first-order valence-corrected chi connectivity index (χ1v) is 6.18. The molecule has 1 heterocycles. The average Bonchev–Trinajstić information content (AvgIpc) is 2.40. The topological polar surface area (TPSA) is 32.3 Å². The molecule has 0 atom stereocenters. The van der Waals surface area contributed by atoms with Gasteiger partial charge in [0.25, 0.3) is 5.91 Å². The van der Waals surface area contributed by atoms with Crippen LogP contribution in [0.5, 0.6) is 0 Å². The summed E-state index contributed by atoms with van der Waals surface area (Å²) in [5, 5.41) is 3.34. The molecule has 1 aliphatic heterocycles. The third-order valence-electron chi connectivity index (χ3n) is 3.78. The minimum Gasteiger partial charge on any atom is -0.339 e. The number of piperidine rings is 1. The van der Waals surface area contributed by atoms with E-state index in [0.717, 1.165) is 31.5 Å². The van der Waals surface area contributed by atoms with Crippen LogP contribution in [-0.2, 0) is 0 Å². The molecule has 0 bridgehead atoms. The van der Waals surface area contributed by atoms with Gasteiger partial charge in [-0.05, 0) is 38.9 Å². The molecule has 0 radical (unpaired) electrons. The van der Waals surface area contributed by atoms with Gasteiger partial charge in [0.1, 0.15) is 0 Å². The summed E-state index contributed by atoms with van der Waals surface area (Å²) >= 11 is 0. The Balaban J connectivity index is 2.00. The summed E-state index contributed by atoms with van der Waals surface area (Å²) in [6, 6.07) is 9.53. The van der Waals surface area contributed by atoms with Crippen molar-refractivity contribution in [2.24, 2.45) is 0 Å². The molecule has 92 valence electrons. The van der Waals surface area contributed by atoms with Crippen molar-refractivity contribution in [2.45, 2.75) is 25.3 Å². The largest absolute Gasteiger partial charge is 0.339 e. The lowest BCUT2D eigenvalue weighted by molar-refractivity contribution is 0.0662. The summed E-state index contributed by atoms with van der Waals surface area (Å²) in [6.45, 7) is 3.90. The molecule has 3 heteroatoms. The number of amides is 1. The van der Waals surface area contributed by atoms with Crippen LogP contribution in [0.4, 0.5) is 0 Å². The molecule has 1 N–H and O–H groups in total. The Morgan fingerprint density at radius 2 is 1.82 bits per heavy atom. The maximum Gasteiger partial charge on any atom is 0.253 e. The van der Waals surface area contributed by atoms with E-state index in [1.54, 1.807) is 0 Å². The van der Waals surface area contributed by atoms with Gasteiger partial charge in [0.05, 0.1) is 0 Å². The molecule has 0 unspecified atom stereocenters. The van der Waals surface area contributed by atoms with Crippen molar-refractivity contribution < 1.29 is 4.79 Å². The Bertz CT molecular complexity index is 380. The number of benzene rings is 1. The first kappa shape index (κ1) is 12.1. The van der Waals surface area contributed by atoms with E-state index in [-0.39, 0.29) is 11.4 Å². The van der Waals surface area contributed by atoms with Crippen LogP contribution in [-0.4, -0.2) is 36.5 Å². The lowest BCUT2D eigenvalue weighted by Crippen LogP contribution is -2.51. The predicted molar refractivity (Wildman–Crippen MR) is 69.0 cm³/mol. The van der Waals surface area contributed by atoms with Gasteiger partial charge >= 0.3 is 0 Å². The van der Waals surface area contributed by atoms with Crippen molar-refractivity contribution >= 4 is 5.91 Å². The molecule has 1 aromatic carbocycles. The average molecular weight is 232 g/mol. The van der Waals surface area contributed by atoms with E-state index in [1.165, 1.54) is 0 Å². The standard InChI is InChI=1S/C14H20N2O/c1-14(15-2)8-10-16(11-9-14)13(17)12-6-4-3-5-7-12/h3-7,15H,8-11H2,1-2H3. The first-order valence-electron chi connectivity index (χ1n) is 6.18. The minimum absolute atomic E-state index is 0.156. The number of nitrogens with one attached hydrogen (secondary N) is 1. The summed E-state index contributed by atoms with van der Waals surface area (Å²) in [5.74, 6) is 0.156. The maximum absolute atomic E-state index is 12.2. The van der Waals surface area contributed by atoms with Gasteiger partial charge in [0.2, 0.25) is 0 Å². The Morgan fingerprint density at radius 3 is 2.35 bits per heavy atom. The third-order valence-corrected chi connectivity index (χ3v) is 3.78. The molecule has 1 saturated heterocycles. The SMILES string of the molecule is CNC1(C)CCN(C(=O)c2ccccc2)CC1. The summed E-state index contributed by atoms with van der Waals surface area (Å²) in [7, 11) is 1.99. The van der Waals surface area contributed by atoms with E-state index in [0.29, 0.717) is 0 Å². The number of likely N-dealkylation sites (tertiary alicyclic amines) is 1. The molecule has 2 rings (SSSR count). The zero-order valence-electron chi connectivity index (χ0n) is 10.6. The Kier molecular flexibility index (Phi) is 3.48. The number of nitrogens with zero attached hydrogens (tertiary/aromatic N) is 1. The van der Waals surface area contributed by atoms with Crippen LogP contribution in [0.2, 0.25) is 0 Å². The predicted octanol–water partition coefficient (Wildman–Crippen LogP) is 1.90. The second-order valence-electron chi connectivity index (χ2n) is 4.97. The van der Waals surface area contributed by atoms with E-state index in [4.69, 9.17) is 0 Å². The second-order valence-corrected chi connectivity index (χ2v) is 4.97. The van der Waals surface area contributed by atoms with Crippen molar-refractivity contribution in [1.82, 2.24) is 10.2 Å². The monoisotopic (exact) mass is 232 g/mol. The fraction of sp³-hybridized carbons (Fsp3) is 0.500. The van der Waals surface area contributed by atoms with Crippen LogP contribution >= 0.6 is 0 Å². The van der Waals surface area contributed by atoms with Gasteiger partial charge in [0, 0.05) is 24.2 Å². The highest BCUT2D eigenvalue weighted by molar-refractivity contribution is 5.94. The zero-order valence-corrected chi connectivity index (χ0v) is 10.6. The van der Waals surface area contributed by atoms with E-state index in [9.17, 15) is 4.79 Å². The van der Waals surface area contributed by atoms with Crippen LogP contribution < -0.4 is 5.32 Å². The first-order chi connectivity index (χ1) is 8.14. The third kappa shape index (κ3) is 2.67. The quantitative estimate of drug-likeness (QED) is 0.844. The van der Waals surface area contributed by atoms with Crippen molar-refractivity contribution in [1.29, 1.82) is 0 Å². The highest BCUT2D eigenvalue weighted by atomic mass is 16.2. The summed E-state index contributed by atoms with van der Waals surface area (Å²) in [6.07, 6.45) is 2.03. The lowest BCUT2D eigenvalue weighted by atomic mass is 9.89. The molecular weight excluding hydrogens is 212 g/mol. The van der Waals surface area contributed by atoms with Gasteiger partial charge in [-0.15, -0.1) is 0 Å². The molecule has 0 aromatic heterocycles. The van der Waals surface area contributed by atoms with Crippen molar-refractivity contribution in [3.05, 3.63) is 35.9 Å². The van der Waals surface area contributed by atoms with Gasteiger partial charge in [-0.3, -0.25) is 4.79 Å². The van der Waals surface area contributed by atoms with E-state index in [1.807, 2.05) is 42.3 Å². The highest BCUT2D eigenvalue weighted by Gasteiger charge is 2.30. The molecule has 3 nitrogen and oxygen atoms in total. The number of rotatable bonds is 2. The summed E-state index contributed by atoms with van der Waals surface area (Å²) in [5.41, 5.74) is 0.980. The highest BCUT2D eigenvalue weighted by Crippen LogP contribution is 2.22. The molecule has 1 amide bonds. The van der Waals surface area contributed by atoms with Crippen molar-refractivity contribution in [3.8, 4) is 0 Å². The summed E-state index contributed by atoms with van der Waals surface area (Å²) in [4.78, 5) is 14.2. The van der Waals surface area contributed by atoms with E-state index in [2.05, 4.69) is 12.2 Å². The molecular formula is C14H20N2O. The molecule has 1 aromatic rings. The van der Waals surface area contributed by atoms with Crippen LogP contribution in [0.25, 0.3) is 0 Å². The molecule has 17 heavy (non-hydrogen) atoms. The Hall–Kier alpha value is -1.35. The van der Waals surface area contributed by atoms with E-state index < -0.39 is 0 Å². The normalized spacial score (nSPS) is 19.1. The molecule has 0 aliphatic carbocycles. The van der Waals surface area contributed by atoms with E-state index >= 15 is 0 Å². The Morgan fingerprint density at radius 1 is 1.24 bits per heavy atom. The van der Waals surface area contributed by atoms with Gasteiger partial charge in [-0.25, -0.2) is 0 Å². The number of carbonyl (C=O) groups excluding carboxylic acids is 1. The van der Waals surface area contributed by atoms with Gasteiger partial charge in [-0.2, -0.15) is 0 Å². The van der Waals surface area contributed by atoms with Crippen molar-refractivity contribution in [2.75, 3.05) is 20.1 Å². The maximum atomic E-state index is 12.2. The van der Waals surface area contributed by atoms with Gasteiger partial charge < -0.3 is 10.2 Å². The van der Waals surface area contributed by atoms with Crippen LogP contribution in [0, 0.1) is 0 Å². The lowest BCUT2D eigenvalue weighted by Gasteiger charge is -2.39. The van der Waals surface area contributed by atoms with Gasteiger partial charge in [0.15, 0.2) is 0 Å². The smallest absolute Gasteiger partial charge is 0.253 e. The fourth-order valence-electron chi connectivity index (χ4n) is 2.22. The minimum atomic E-state index is 0.156.